The summed E-state index contributed by atoms with van der Waals surface area (Å²) >= 11 is 0. The first-order valence-corrected chi connectivity index (χ1v) is 22.7. The Labute approximate surface area is 291 Å². The minimum absolute atomic E-state index is 0.107. The molecule has 0 radical (unpaired) electrons. The van der Waals surface area contributed by atoms with E-state index in [1.54, 1.807) is 6.92 Å². The van der Waals surface area contributed by atoms with Crippen molar-refractivity contribution in [3.05, 3.63) is 104 Å². The number of aryl methyl sites for hydroxylation is 1. The summed E-state index contributed by atoms with van der Waals surface area (Å²) in [5, 5.41) is 2.18. The molecule has 266 valence electrons. The molecule has 0 aliphatic carbocycles. The fraction of sp³-hybridized carbons (Fsp3) is 0.486. The van der Waals surface area contributed by atoms with Crippen molar-refractivity contribution in [3.63, 3.8) is 0 Å². The van der Waals surface area contributed by atoms with E-state index in [1.165, 1.54) is 17.8 Å². The molecule has 2 aliphatic heterocycles. The first-order valence-electron chi connectivity index (χ1n) is 16.4. The largest absolute Gasteiger partial charge is 0.406 e. The Hall–Kier alpha value is -3.12. The number of nitrogens with zero attached hydrogens (tertiary/aromatic N) is 2. The van der Waals surface area contributed by atoms with Crippen molar-refractivity contribution in [1.82, 2.24) is 9.13 Å². The fourth-order valence-electron chi connectivity index (χ4n) is 6.70. The number of hydrogen-bond donors (Lipinski definition) is 1. The van der Waals surface area contributed by atoms with E-state index in [-0.39, 0.29) is 17.3 Å². The van der Waals surface area contributed by atoms with E-state index in [2.05, 4.69) is 45.0 Å². The second-order valence-corrected chi connectivity index (χ2v) is 26.0. The van der Waals surface area contributed by atoms with Crippen LogP contribution in [-0.4, -0.2) is 58.6 Å². The van der Waals surface area contributed by atoms with E-state index in [1.807, 2.05) is 70.3 Å². The Balaban J connectivity index is 1.74. The highest BCUT2D eigenvalue weighted by Gasteiger charge is 2.67. The summed E-state index contributed by atoms with van der Waals surface area (Å²) in [4.78, 5) is 26.5. The van der Waals surface area contributed by atoms with Crippen LogP contribution < -0.4 is 27.4 Å². The maximum Gasteiger partial charge on any atom is 0.332 e. The highest BCUT2D eigenvalue weighted by Crippen LogP contribution is 2.52. The van der Waals surface area contributed by atoms with Gasteiger partial charge in [0.2, 0.25) is 0 Å². The predicted molar refractivity (Wildman–Crippen MR) is 195 cm³/mol. The van der Waals surface area contributed by atoms with Crippen molar-refractivity contribution in [2.75, 3.05) is 6.61 Å². The average molecular weight is 728 g/mol. The summed E-state index contributed by atoms with van der Waals surface area (Å²) in [6.07, 6.45) is -2.16. The zero-order valence-electron chi connectivity index (χ0n) is 30.0. The minimum atomic E-state index is -4.29. The van der Waals surface area contributed by atoms with Crippen molar-refractivity contribution >= 4 is 37.1 Å². The smallest absolute Gasteiger partial charge is 0.332 e. The molecule has 2 aromatic carbocycles. The molecule has 11 nitrogen and oxygen atoms in total. The molecular weight excluding hydrogens is 679 g/mol. The molecule has 3 heterocycles. The fourth-order valence-corrected chi connectivity index (χ4v) is 13.8. The summed E-state index contributed by atoms with van der Waals surface area (Å²) in [7, 11) is -8.82. The molecule has 1 spiro atoms. The number of ether oxygens (including phenoxy) is 1. The Morgan fingerprint density at radius 2 is 1.45 bits per heavy atom. The van der Waals surface area contributed by atoms with Gasteiger partial charge in [0.1, 0.15) is 12.2 Å². The molecule has 1 fully saturated rings. The third kappa shape index (κ3) is 6.25. The summed E-state index contributed by atoms with van der Waals surface area (Å²) in [5.41, 5.74) is 3.88. The van der Waals surface area contributed by atoms with Crippen LogP contribution in [0.2, 0.25) is 23.2 Å². The predicted octanol–water partition coefficient (Wildman–Crippen LogP) is 3.62. The Kier molecular flexibility index (Phi) is 9.54. The van der Waals surface area contributed by atoms with E-state index in [9.17, 15) is 18.0 Å². The van der Waals surface area contributed by atoms with Crippen molar-refractivity contribution < 1.29 is 26.2 Å². The molecule has 2 aliphatic rings. The minimum Gasteiger partial charge on any atom is -0.406 e. The van der Waals surface area contributed by atoms with E-state index < -0.39 is 67.1 Å². The molecule has 14 heteroatoms. The van der Waals surface area contributed by atoms with Gasteiger partial charge in [-0.3, -0.25) is 13.9 Å². The molecule has 5 rings (SSSR count). The first-order chi connectivity index (χ1) is 22.6. The lowest BCUT2D eigenvalue weighted by Gasteiger charge is -2.45. The summed E-state index contributed by atoms with van der Waals surface area (Å²) in [6, 6.07) is 20.0. The van der Waals surface area contributed by atoms with Crippen LogP contribution in [0.4, 0.5) is 0 Å². The Bertz CT molecular complexity index is 1930. The molecule has 0 bridgehead atoms. The summed E-state index contributed by atoms with van der Waals surface area (Å²) in [6.45, 7) is 18.0. The molecule has 1 aromatic heterocycles. The van der Waals surface area contributed by atoms with Gasteiger partial charge in [-0.15, -0.1) is 0 Å². The zero-order chi connectivity index (χ0) is 36.4. The third-order valence-corrected chi connectivity index (χ3v) is 20.8. The van der Waals surface area contributed by atoms with Gasteiger partial charge in [0.15, 0.2) is 20.1 Å². The van der Waals surface area contributed by atoms with Crippen LogP contribution in [-0.2, 0) is 34.9 Å². The first kappa shape index (κ1) is 37.1. The maximum absolute atomic E-state index is 13.7. The Morgan fingerprint density at radius 1 is 0.918 bits per heavy atom. The van der Waals surface area contributed by atoms with Crippen molar-refractivity contribution in [3.8, 4) is 0 Å². The van der Waals surface area contributed by atoms with Crippen LogP contribution in [0.5, 0.6) is 0 Å². The second-order valence-electron chi connectivity index (χ2n) is 15.6. The van der Waals surface area contributed by atoms with Crippen LogP contribution in [0.3, 0.4) is 0 Å². The van der Waals surface area contributed by atoms with Gasteiger partial charge < -0.3 is 19.3 Å². The van der Waals surface area contributed by atoms with Crippen LogP contribution in [0.15, 0.2) is 87.6 Å². The average Bonchev–Trinajstić information content (AvgIpc) is 3.44. The van der Waals surface area contributed by atoms with Crippen molar-refractivity contribution in [2.45, 2.75) is 95.7 Å². The number of nitrogens with two attached hydrogens (primary N) is 1. The van der Waals surface area contributed by atoms with Crippen molar-refractivity contribution in [2.24, 2.45) is 12.8 Å². The van der Waals surface area contributed by atoms with Crippen LogP contribution in [0.1, 0.15) is 53.3 Å². The number of hydrogen-bond acceptors (Lipinski definition) is 9. The zero-order valence-corrected chi connectivity index (χ0v) is 32.8. The number of benzene rings is 2. The van der Waals surface area contributed by atoms with Gasteiger partial charge in [-0.05, 0) is 40.5 Å². The summed E-state index contributed by atoms with van der Waals surface area (Å²) in [5.74, 6) is 0. The van der Waals surface area contributed by atoms with Crippen LogP contribution >= 0.6 is 0 Å². The molecule has 4 atom stereocenters. The normalized spacial score (nSPS) is 24.4. The maximum atomic E-state index is 13.7. The highest BCUT2D eigenvalue weighted by atomic mass is 32.2. The Morgan fingerprint density at radius 3 is 1.90 bits per heavy atom. The molecule has 3 aromatic rings. The lowest BCUT2D eigenvalue weighted by atomic mass is 9.89. The lowest BCUT2D eigenvalue weighted by molar-refractivity contribution is -0.0561. The van der Waals surface area contributed by atoms with Gasteiger partial charge in [-0.1, -0.05) is 102 Å². The van der Waals surface area contributed by atoms with E-state index >= 15 is 0 Å². The lowest BCUT2D eigenvalue weighted by Crippen LogP contribution is -2.68. The highest BCUT2D eigenvalue weighted by molar-refractivity contribution is 7.90. The third-order valence-electron chi connectivity index (χ3n) is 10.3. The SMILES string of the molecule is Cc1cn([C@@H]2OC(CO[Si](c3ccccc3)(c3ccccc3)C(C)(C)C)C3(OS(=O)(=O)C=C3N)[C@H]2O[Si](C)(C)C(C)(C)C)c(=O)n(C)c1=O. The molecule has 1 saturated heterocycles. The monoisotopic (exact) mass is 727 g/mol. The van der Waals surface area contributed by atoms with Crippen LogP contribution in [0, 0.1) is 6.92 Å². The molecule has 2 unspecified atom stereocenters. The van der Waals surface area contributed by atoms with Crippen LogP contribution in [0.25, 0.3) is 0 Å². The standard InChI is InChI=1S/C35H49N3O8SSi2/c1-24-21-38(32(40)37(8)30(24)39)31-29(45-48(9,10)33(2,3)4)35(27(36)23-47(41,42)46-35)28(44-31)22-43-49(34(5,6)7,25-17-13-11-14-18-25)26-19-15-12-16-20-26/h11-21,23,28-29,31H,22,36H2,1-10H3/t28?,29-,31+,35?/m0/s1. The van der Waals surface area contributed by atoms with E-state index in [4.69, 9.17) is 23.5 Å². The topological polar surface area (TPSA) is 141 Å². The summed E-state index contributed by atoms with van der Waals surface area (Å²) < 4.78 is 55.9. The van der Waals surface area contributed by atoms with Gasteiger partial charge in [-0.25, -0.2) is 8.98 Å². The van der Waals surface area contributed by atoms with Gasteiger partial charge >= 0.3 is 5.69 Å². The molecule has 0 saturated carbocycles. The van der Waals surface area contributed by atoms with Gasteiger partial charge in [0.05, 0.1) is 17.7 Å². The quantitative estimate of drug-likeness (QED) is 0.272. The van der Waals surface area contributed by atoms with Gasteiger partial charge in [0, 0.05) is 18.8 Å². The second kappa shape index (κ2) is 12.6. The van der Waals surface area contributed by atoms with Crippen molar-refractivity contribution in [1.29, 1.82) is 0 Å². The van der Waals surface area contributed by atoms with E-state index in [0.29, 0.717) is 5.56 Å². The molecule has 49 heavy (non-hydrogen) atoms. The van der Waals surface area contributed by atoms with Gasteiger partial charge in [0.25, 0.3) is 24.0 Å². The number of aromatic nitrogens is 2. The van der Waals surface area contributed by atoms with E-state index in [0.717, 1.165) is 20.3 Å². The molecular formula is C35H49N3O8SSi2. The molecule has 0 amide bonds. The van der Waals surface area contributed by atoms with Gasteiger partial charge in [-0.2, -0.15) is 8.42 Å². The molecule has 2 N–H and O–H groups in total. The number of rotatable bonds is 8.